The average molecular weight is 214 g/mol. The summed E-state index contributed by atoms with van der Waals surface area (Å²) in [5, 5.41) is 12.8. The summed E-state index contributed by atoms with van der Waals surface area (Å²) in [5.41, 5.74) is 0.948. The lowest BCUT2D eigenvalue weighted by Crippen LogP contribution is -2.34. The minimum absolute atomic E-state index is 0.275. The van der Waals surface area contributed by atoms with Crippen LogP contribution < -0.4 is 5.32 Å². The van der Waals surface area contributed by atoms with Crippen molar-refractivity contribution in [3.63, 3.8) is 0 Å². The van der Waals surface area contributed by atoms with E-state index in [4.69, 9.17) is 0 Å². The van der Waals surface area contributed by atoms with Crippen LogP contribution in [0.5, 0.6) is 0 Å². The summed E-state index contributed by atoms with van der Waals surface area (Å²) in [5.74, 6) is 0. The zero-order valence-corrected chi connectivity index (χ0v) is 9.96. The van der Waals surface area contributed by atoms with E-state index in [1.807, 2.05) is 30.3 Å². The molecule has 2 rings (SSSR count). The van der Waals surface area contributed by atoms with Crippen molar-refractivity contribution in [1.82, 2.24) is 0 Å². The summed E-state index contributed by atoms with van der Waals surface area (Å²) >= 11 is 0. The first-order valence-electron chi connectivity index (χ1n) is 5.80. The monoisotopic (exact) mass is 214 g/mol. The molecule has 1 aromatic carbocycles. The Morgan fingerprint density at radius 1 is 1.19 bits per heavy atom. The zero-order chi connectivity index (χ0) is 11.6. The molecule has 1 aliphatic carbocycles. The van der Waals surface area contributed by atoms with Crippen LogP contribution in [0.3, 0.4) is 0 Å². The molecule has 0 aliphatic heterocycles. The van der Waals surface area contributed by atoms with Gasteiger partial charge < -0.3 is 5.32 Å². The number of hydrogen-bond donors (Lipinski definition) is 1. The van der Waals surface area contributed by atoms with E-state index < -0.39 is 0 Å². The largest absolute Gasteiger partial charge is 0.367 e. The number of benzene rings is 1. The van der Waals surface area contributed by atoms with Crippen molar-refractivity contribution in [3.05, 3.63) is 30.3 Å². The molecule has 1 aromatic rings. The maximum absolute atomic E-state index is 9.40. The van der Waals surface area contributed by atoms with E-state index in [0.29, 0.717) is 0 Å². The first kappa shape index (κ1) is 11.0. The molecule has 2 nitrogen and oxygen atoms in total. The number of nitrogens with zero attached hydrogens (tertiary/aromatic N) is 1. The van der Waals surface area contributed by atoms with Crippen molar-refractivity contribution in [2.24, 2.45) is 5.41 Å². The van der Waals surface area contributed by atoms with E-state index in [2.05, 4.69) is 25.2 Å². The van der Waals surface area contributed by atoms with Crippen molar-refractivity contribution >= 4 is 5.69 Å². The molecule has 0 radical (unpaired) electrons. The second-order valence-electron chi connectivity index (χ2n) is 5.53. The lowest BCUT2D eigenvalue weighted by molar-refractivity contribution is 0.368. The van der Waals surface area contributed by atoms with Gasteiger partial charge in [0.25, 0.3) is 0 Å². The standard InChI is InChI=1S/C14H18N2/c1-13(2)8-9-14(10-13,11-15)16-12-6-4-3-5-7-12/h3-7,16H,8-10H2,1-2H3. The fourth-order valence-corrected chi connectivity index (χ4v) is 2.57. The van der Waals surface area contributed by atoms with Crippen LogP contribution in [0.25, 0.3) is 0 Å². The highest BCUT2D eigenvalue weighted by Crippen LogP contribution is 2.44. The highest BCUT2D eigenvalue weighted by atomic mass is 15.0. The second kappa shape index (κ2) is 3.83. The van der Waals surface area contributed by atoms with Crippen molar-refractivity contribution in [1.29, 1.82) is 5.26 Å². The molecule has 1 aliphatic rings. The average Bonchev–Trinajstić information content (AvgIpc) is 2.57. The van der Waals surface area contributed by atoms with Crippen LogP contribution >= 0.6 is 0 Å². The first-order valence-corrected chi connectivity index (χ1v) is 5.80. The fourth-order valence-electron chi connectivity index (χ4n) is 2.57. The summed E-state index contributed by atoms with van der Waals surface area (Å²) < 4.78 is 0. The number of rotatable bonds is 2. The molecule has 0 bridgehead atoms. The molecular weight excluding hydrogens is 196 g/mol. The normalized spacial score (nSPS) is 27.3. The Labute approximate surface area is 97.3 Å². The lowest BCUT2D eigenvalue weighted by Gasteiger charge is -2.26. The van der Waals surface area contributed by atoms with Gasteiger partial charge in [0, 0.05) is 5.69 Å². The molecule has 1 fully saturated rings. The van der Waals surface area contributed by atoms with Crippen LogP contribution in [0, 0.1) is 16.7 Å². The van der Waals surface area contributed by atoms with Crippen LogP contribution in [-0.4, -0.2) is 5.54 Å². The quantitative estimate of drug-likeness (QED) is 0.817. The van der Waals surface area contributed by atoms with Gasteiger partial charge in [-0.2, -0.15) is 5.26 Å². The van der Waals surface area contributed by atoms with Gasteiger partial charge in [0.05, 0.1) is 6.07 Å². The maximum Gasteiger partial charge on any atom is 0.125 e. The maximum atomic E-state index is 9.40. The molecule has 0 heterocycles. The number of nitriles is 1. The van der Waals surface area contributed by atoms with E-state index in [9.17, 15) is 5.26 Å². The number of nitrogens with one attached hydrogen (secondary N) is 1. The van der Waals surface area contributed by atoms with Crippen molar-refractivity contribution in [2.75, 3.05) is 5.32 Å². The SMILES string of the molecule is CC1(C)CCC(C#N)(Nc2ccccc2)C1. The molecule has 1 unspecified atom stereocenters. The Morgan fingerprint density at radius 2 is 1.88 bits per heavy atom. The van der Waals surface area contributed by atoms with Gasteiger partial charge in [-0.3, -0.25) is 0 Å². The van der Waals surface area contributed by atoms with Crippen LogP contribution in [0.1, 0.15) is 33.1 Å². The van der Waals surface area contributed by atoms with Crippen LogP contribution in [0.2, 0.25) is 0 Å². The van der Waals surface area contributed by atoms with Crippen molar-refractivity contribution < 1.29 is 0 Å². The van der Waals surface area contributed by atoms with E-state index in [-0.39, 0.29) is 11.0 Å². The summed E-state index contributed by atoms with van der Waals surface area (Å²) in [4.78, 5) is 0. The van der Waals surface area contributed by atoms with Crippen molar-refractivity contribution in [3.8, 4) is 6.07 Å². The molecule has 1 N–H and O–H groups in total. The highest BCUT2D eigenvalue weighted by Gasteiger charge is 2.43. The predicted molar refractivity (Wildman–Crippen MR) is 66.0 cm³/mol. The molecule has 1 saturated carbocycles. The third-order valence-corrected chi connectivity index (χ3v) is 3.38. The van der Waals surface area contributed by atoms with Gasteiger partial charge >= 0.3 is 0 Å². The second-order valence-corrected chi connectivity index (χ2v) is 5.53. The van der Waals surface area contributed by atoms with Crippen molar-refractivity contribution in [2.45, 2.75) is 38.6 Å². The molecule has 0 spiro atoms. The first-order chi connectivity index (χ1) is 7.55. The predicted octanol–water partition coefficient (Wildman–Crippen LogP) is 3.57. The van der Waals surface area contributed by atoms with Gasteiger partial charge in [-0.05, 0) is 36.8 Å². The minimum atomic E-state index is -0.370. The molecular formula is C14H18N2. The van der Waals surface area contributed by atoms with Gasteiger partial charge in [0.15, 0.2) is 0 Å². The zero-order valence-electron chi connectivity index (χ0n) is 9.96. The van der Waals surface area contributed by atoms with Gasteiger partial charge in [0.1, 0.15) is 5.54 Å². The molecule has 0 aromatic heterocycles. The fraction of sp³-hybridized carbons (Fsp3) is 0.500. The molecule has 0 saturated heterocycles. The summed E-state index contributed by atoms with van der Waals surface area (Å²) in [6.45, 7) is 4.47. The Bertz CT molecular complexity index is 402. The van der Waals surface area contributed by atoms with Crippen LogP contribution in [0.4, 0.5) is 5.69 Å². The molecule has 1 atom stereocenters. The van der Waals surface area contributed by atoms with Gasteiger partial charge in [0.2, 0.25) is 0 Å². The van der Waals surface area contributed by atoms with E-state index >= 15 is 0 Å². The number of anilines is 1. The van der Waals surface area contributed by atoms with Crippen LogP contribution in [0.15, 0.2) is 30.3 Å². The Morgan fingerprint density at radius 3 is 2.38 bits per heavy atom. The third kappa shape index (κ3) is 2.19. The summed E-state index contributed by atoms with van der Waals surface area (Å²) in [7, 11) is 0. The number of para-hydroxylation sites is 1. The molecule has 84 valence electrons. The van der Waals surface area contributed by atoms with Crippen LogP contribution in [-0.2, 0) is 0 Å². The van der Waals surface area contributed by atoms with E-state index in [1.54, 1.807) is 0 Å². The van der Waals surface area contributed by atoms with E-state index in [0.717, 1.165) is 24.9 Å². The highest BCUT2D eigenvalue weighted by molar-refractivity contribution is 5.48. The summed E-state index contributed by atoms with van der Waals surface area (Å²) in [6, 6.07) is 12.5. The molecule has 16 heavy (non-hydrogen) atoms. The minimum Gasteiger partial charge on any atom is -0.367 e. The Hall–Kier alpha value is -1.49. The summed E-state index contributed by atoms with van der Waals surface area (Å²) in [6.07, 6.45) is 2.97. The third-order valence-electron chi connectivity index (χ3n) is 3.38. The van der Waals surface area contributed by atoms with E-state index in [1.165, 1.54) is 0 Å². The van der Waals surface area contributed by atoms with Gasteiger partial charge in [-0.1, -0.05) is 32.0 Å². The lowest BCUT2D eigenvalue weighted by atomic mass is 9.88. The van der Waals surface area contributed by atoms with Gasteiger partial charge in [-0.25, -0.2) is 0 Å². The Balaban J connectivity index is 2.17. The smallest absolute Gasteiger partial charge is 0.125 e. The topological polar surface area (TPSA) is 35.8 Å². The van der Waals surface area contributed by atoms with Gasteiger partial charge in [-0.15, -0.1) is 0 Å². The Kier molecular flexibility index (Phi) is 2.63. The molecule has 0 amide bonds. The molecule has 2 heteroatoms. The number of hydrogen-bond acceptors (Lipinski definition) is 2.